The number of rotatable bonds is 9. The minimum absolute atomic E-state index is 0.179. The average Bonchev–Trinajstić information content (AvgIpc) is 2.48. The lowest BCUT2D eigenvalue weighted by atomic mass is 10.0. The topological polar surface area (TPSA) is 28.2 Å². The summed E-state index contributed by atoms with van der Waals surface area (Å²) in [5, 5.41) is 3.17. The van der Waals surface area contributed by atoms with Crippen molar-refractivity contribution in [3.63, 3.8) is 0 Å². The zero-order valence-electron chi connectivity index (χ0n) is 13.2. The van der Waals surface area contributed by atoms with Crippen molar-refractivity contribution in [2.75, 3.05) is 24.5 Å². The molecule has 0 unspecified atom stereocenters. The summed E-state index contributed by atoms with van der Waals surface area (Å²) in [6, 6.07) is 1.76. The van der Waals surface area contributed by atoms with E-state index in [1.54, 1.807) is 12.3 Å². The molecule has 0 radical (unpaired) electrons. The minimum atomic E-state index is -0.179. The fourth-order valence-corrected chi connectivity index (χ4v) is 2.31. The fourth-order valence-electron chi connectivity index (χ4n) is 2.31. The molecule has 4 heteroatoms. The summed E-state index contributed by atoms with van der Waals surface area (Å²) in [7, 11) is 0. The van der Waals surface area contributed by atoms with E-state index in [-0.39, 0.29) is 5.82 Å². The average molecular weight is 281 g/mol. The minimum Gasteiger partial charge on any atom is -0.354 e. The van der Waals surface area contributed by atoms with Gasteiger partial charge in [-0.05, 0) is 25.5 Å². The van der Waals surface area contributed by atoms with Gasteiger partial charge in [0.25, 0.3) is 0 Å². The molecule has 0 aliphatic rings. The zero-order valence-corrected chi connectivity index (χ0v) is 13.2. The lowest BCUT2D eigenvalue weighted by Crippen LogP contribution is -2.31. The third-order valence-corrected chi connectivity index (χ3v) is 3.83. The molecule has 1 heterocycles. The molecule has 0 amide bonds. The molecule has 1 aromatic rings. The first-order valence-corrected chi connectivity index (χ1v) is 7.76. The third kappa shape index (κ3) is 4.44. The van der Waals surface area contributed by atoms with Crippen LogP contribution in [-0.2, 0) is 6.54 Å². The Morgan fingerprint density at radius 2 is 1.95 bits per heavy atom. The molecule has 0 fully saturated rings. The van der Waals surface area contributed by atoms with Crippen LogP contribution in [0.2, 0.25) is 0 Å². The number of nitrogens with one attached hydrogen (secondary N) is 1. The molecule has 0 saturated carbocycles. The van der Waals surface area contributed by atoms with Crippen molar-refractivity contribution >= 4 is 5.82 Å². The molecule has 0 aliphatic carbocycles. The number of halogens is 1. The Morgan fingerprint density at radius 3 is 2.50 bits per heavy atom. The second-order valence-corrected chi connectivity index (χ2v) is 5.11. The molecule has 20 heavy (non-hydrogen) atoms. The van der Waals surface area contributed by atoms with Gasteiger partial charge in [0.1, 0.15) is 0 Å². The highest BCUT2D eigenvalue weighted by molar-refractivity contribution is 5.43. The zero-order chi connectivity index (χ0) is 15.0. The Kier molecular flexibility index (Phi) is 7.52. The molecular weight excluding hydrogens is 253 g/mol. The van der Waals surface area contributed by atoms with E-state index in [1.807, 2.05) is 6.92 Å². The van der Waals surface area contributed by atoms with Crippen LogP contribution in [0, 0.1) is 11.7 Å². The van der Waals surface area contributed by atoms with Gasteiger partial charge < -0.3 is 10.2 Å². The van der Waals surface area contributed by atoms with Crippen LogP contribution in [-0.4, -0.2) is 24.6 Å². The summed E-state index contributed by atoms with van der Waals surface area (Å²) in [6.45, 7) is 11.5. The predicted octanol–water partition coefficient (Wildman–Crippen LogP) is 3.59. The summed E-state index contributed by atoms with van der Waals surface area (Å²) >= 11 is 0. The molecule has 0 saturated heterocycles. The standard InChI is InChI=1S/C16H28FN3/c1-5-13(6-2)12-20(8-4)16-15(17)14(9-10-19-16)11-18-7-3/h9-10,13,18H,5-8,11-12H2,1-4H3. The largest absolute Gasteiger partial charge is 0.354 e. The first-order valence-electron chi connectivity index (χ1n) is 7.76. The van der Waals surface area contributed by atoms with Crippen LogP contribution in [0.5, 0.6) is 0 Å². The number of aromatic nitrogens is 1. The Labute approximate surface area is 122 Å². The van der Waals surface area contributed by atoms with Crippen molar-refractivity contribution in [1.82, 2.24) is 10.3 Å². The molecule has 1 aromatic heterocycles. The molecule has 114 valence electrons. The number of pyridine rings is 1. The molecule has 0 bridgehead atoms. The van der Waals surface area contributed by atoms with Crippen molar-refractivity contribution in [3.05, 3.63) is 23.6 Å². The van der Waals surface area contributed by atoms with Gasteiger partial charge in [-0.1, -0.05) is 33.6 Å². The summed E-state index contributed by atoms with van der Waals surface area (Å²) in [4.78, 5) is 6.32. The van der Waals surface area contributed by atoms with E-state index >= 15 is 0 Å². The van der Waals surface area contributed by atoms with Crippen molar-refractivity contribution < 1.29 is 4.39 Å². The van der Waals surface area contributed by atoms with Crippen LogP contribution in [0.3, 0.4) is 0 Å². The van der Waals surface area contributed by atoms with Crippen molar-refractivity contribution in [1.29, 1.82) is 0 Å². The highest BCUT2D eigenvalue weighted by atomic mass is 19.1. The molecule has 0 aromatic carbocycles. The van der Waals surface area contributed by atoms with Gasteiger partial charge in [-0.25, -0.2) is 9.37 Å². The van der Waals surface area contributed by atoms with E-state index in [0.717, 1.165) is 32.5 Å². The van der Waals surface area contributed by atoms with Crippen LogP contribution in [0.1, 0.15) is 46.1 Å². The third-order valence-electron chi connectivity index (χ3n) is 3.83. The van der Waals surface area contributed by atoms with Crippen molar-refractivity contribution in [2.24, 2.45) is 5.92 Å². The second kappa shape index (κ2) is 8.90. The Hall–Kier alpha value is -1.16. The molecule has 0 atom stereocenters. The van der Waals surface area contributed by atoms with E-state index in [1.165, 1.54) is 0 Å². The fraction of sp³-hybridized carbons (Fsp3) is 0.688. The quantitative estimate of drug-likeness (QED) is 0.749. The predicted molar refractivity (Wildman–Crippen MR) is 83.5 cm³/mol. The highest BCUT2D eigenvalue weighted by Crippen LogP contribution is 2.22. The van der Waals surface area contributed by atoms with E-state index in [2.05, 4.69) is 36.0 Å². The number of hydrogen-bond donors (Lipinski definition) is 1. The van der Waals surface area contributed by atoms with Crippen LogP contribution in [0.4, 0.5) is 10.2 Å². The van der Waals surface area contributed by atoms with E-state index in [9.17, 15) is 4.39 Å². The van der Waals surface area contributed by atoms with Crippen LogP contribution in [0.25, 0.3) is 0 Å². The molecule has 1 rings (SSSR count). The van der Waals surface area contributed by atoms with Gasteiger partial charge in [0, 0.05) is 31.4 Å². The van der Waals surface area contributed by atoms with E-state index in [0.29, 0.717) is 23.8 Å². The van der Waals surface area contributed by atoms with Crippen molar-refractivity contribution in [3.8, 4) is 0 Å². The van der Waals surface area contributed by atoms with Crippen LogP contribution >= 0.6 is 0 Å². The summed E-state index contributed by atoms with van der Waals surface area (Å²) in [6.07, 6.45) is 3.94. The molecule has 0 aliphatic heterocycles. The normalized spacial score (nSPS) is 11.1. The summed E-state index contributed by atoms with van der Waals surface area (Å²) in [5.41, 5.74) is 0.694. The van der Waals surface area contributed by atoms with Crippen molar-refractivity contribution in [2.45, 2.75) is 47.1 Å². The Morgan fingerprint density at radius 1 is 1.25 bits per heavy atom. The monoisotopic (exact) mass is 281 g/mol. The van der Waals surface area contributed by atoms with Gasteiger partial charge in [0.2, 0.25) is 0 Å². The van der Waals surface area contributed by atoms with E-state index in [4.69, 9.17) is 0 Å². The van der Waals surface area contributed by atoms with Gasteiger partial charge in [0.15, 0.2) is 11.6 Å². The maximum atomic E-state index is 14.5. The van der Waals surface area contributed by atoms with Gasteiger partial charge >= 0.3 is 0 Å². The molecule has 1 N–H and O–H groups in total. The Balaban J connectivity index is 2.91. The van der Waals surface area contributed by atoms with Crippen LogP contribution < -0.4 is 10.2 Å². The second-order valence-electron chi connectivity index (χ2n) is 5.11. The van der Waals surface area contributed by atoms with Gasteiger partial charge in [-0.2, -0.15) is 0 Å². The smallest absolute Gasteiger partial charge is 0.170 e. The maximum absolute atomic E-state index is 14.5. The molecular formula is C16H28FN3. The van der Waals surface area contributed by atoms with Gasteiger partial charge in [0.05, 0.1) is 0 Å². The lowest BCUT2D eigenvalue weighted by Gasteiger charge is -2.27. The van der Waals surface area contributed by atoms with E-state index < -0.39 is 0 Å². The highest BCUT2D eigenvalue weighted by Gasteiger charge is 2.17. The summed E-state index contributed by atoms with van der Waals surface area (Å²) < 4.78 is 14.5. The Bertz CT molecular complexity index is 391. The summed E-state index contributed by atoms with van der Waals surface area (Å²) in [5.74, 6) is 0.907. The lowest BCUT2D eigenvalue weighted by molar-refractivity contribution is 0.478. The SMILES string of the molecule is CCNCc1ccnc(N(CC)CC(CC)CC)c1F. The van der Waals surface area contributed by atoms with Crippen LogP contribution in [0.15, 0.2) is 12.3 Å². The van der Waals surface area contributed by atoms with Gasteiger partial charge in [-0.15, -0.1) is 0 Å². The number of anilines is 1. The molecule has 3 nitrogen and oxygen atoms in total. The first-order chi connectivity index (χ1) is 9.67. The maximum Gasteiger partial charge on any atom is 0.170 e. The molecule has 0 spiro atoms. The first kappa shape index (κ1) is 16.9. The van der Waals surface area contributed by atoms with Gasteiger partial charge in [-0.3, -0.25) is 0 Å². The number of nitrogens with zero attached hydrogens (tertiary/aromatic N) is 2. The number of hydrogen-bond acceptors (Lipinski definition) is 3.